The molecule has 3 nitrogen and oxygen atoms in total. The fourth-order valence-corrected chi connectivity index (χ4v) is 2.38. The molecule has 0 aromatic heterocycles. The Morgan fingerprint density at radius 2 is 1.84 bits per heavy atom. The fourth-order valence-electron chi connectivity index (χ4n) is 2.38. The molecule has 1 fully saturated rings. The molecule has 104 valence electrons. The Morgan fingerprint density at radius 3 is 2.32 bits per heavy atom. The van der Waals surface area contributed by atoms with Gasteiger partial charge in [-0.25, -0.2) is 0 Å². The summed E-state index contributed by atoms with van der Waals surface area (Å²) in [4.78, 5) is 12.2. The Hall–Kier alpha value is -1.35. The maximum absolute atomic E-state index is 12.2. The molecule has 2 unspecified atom stereocenters. The van der Waals surface area contributed by atoms with Gasteiger partial charge in [-0.05, 0) is 35.6 Å². The van der Waals surface area contributed by atoms with Gasteiger partial charge in [0.2, 0.25) is 0 Å². The third kappa shape index (κ3) is 3.35. The van der Waals surface area contributed by atoms with Crippen LogP contribution in [-0.4, -0.2) is 25.0 Å². The second kappa shape index (κ2) is 5.33. The van der Waals surface area contributed by atoms with E-state index in [1.54, 1.807) is 0 Å². The van der Waals surface area contributed by atoms with Crippen molar-refractivity contribution in [2.45, 2.75) is 39.2 Å². The van der Waals surface area contributed by atoms with Crippen LogP contribution in [-0.2, 0) is 5.41 Å². The van der Waals surface area contributed by atoms with Crippen molar-refractivity contribution in [1.29, 1.82) is 0 Å². The lowest BCUT2D eigenvalue weighted by Crippen LogP contribution is -2.39. The van der Waals surface area contributed by atoms with Gasteiger partial charge in [0, 0.05) is 18.2 Å². The average molecular weight is 260 g/mol. The van der Waals surface area contributed by atoms with Gasteiger partial charge in [0.25, 0.3) is 5.91 Å². The van der Waals surface area contributed by atoms with E-state index < -0.39 is 0 Å². The van der Waals surface area contributed by atoms with Crippen molar-refractivity contribution in [3.63, 3.8) is 0 Å². The van der Waals surface area contributed by atoms with E-state index in [1.807, 2.05) is 24.3 Å². The zero-order valence-corrected chi connectivity index (χ0v) is 12.3. The van der Waals surface area contributed by atoms with Gasteiger partial charge in [0.05, 0.1) is 0 Å². The summed E-state index contributed by atoms with van der Waals surface area (Å²) >= 11 is 0. The van der Waals surface area contributed by atoms with E-state index in [4.69, 9.17) is 0 Å². The van der Waals surface area contributed by atoms with E-state index in [1.165, 1.54) is 5.56 Å². The van der Waals surface area contributed by atoms with Crippen LogP contribution in [0.2, 0.25) is 0 Å². The third-order valence-corrected chi connectivity index (χ3v) is 3.85. The van der Waals surface area contributed by atoms with Crippen LogP contribution in [0.4, 0.5) is 0 Å². The van der Waals surface area contributed by atoms with Crippen molar-refractivity contribution >= 4 is 5.91 Å². The number of carbonyl (C=O) groups excluding carboxylic acids is 1. The lowest BCUT2D eigenvalue weighted by molar-refractivity contribution is 0.0933. The minimum Gasteiger partial charge on any atom is -0.348 e. The highest BCUT2D eigenvalue weighted by Crippen LogP contribution is 2.22. The van der Waals surface area contributed by atoms with E-state index in [-0.39, 0.29) is 17.4 Å². The predicted molar refractivity (Wildman–Crippen MR) is 78.4 cm³/mol. The van der Waals surface area contributed by atoms with Gasteiger partial charge in [-0.15, -0.1) is 0 Å². The fraction of sp³-hybridized carbons (Fsp3) is 0.562. The topological polar surface area (TPSA) is 41.1 Å². The van der Waals surface area contributed by atoms with E-state index >= 15 is 0 Å². The van der Waals surface area contributed by atoms with E-state index in [0.29, 0.717) is 5.92 Å². The van der Waals surface area contributed by atoms with Crippen LogP contribution in [0.3, 0.4) is 0 Å². The van der Waals surface area contributed by atoms with Crippen molar-refractivity contribution in [3.05, 3.63) is 35.4 Å². The second-order valence-corrected chi connectivity index (χ2v) is 6.54. The van der Waals surface area contributed by atoms with Crippen LogP contribution in [0.15, 0.2) is 24.3 Å². The van der Waals surface area contributed by atoms with Crippen LogP contribution in [0.5, 0.6) is 0 Å². The largest absolute Gasteiger partial charge is 0.348 e. The average Bonchev–Trinajstić information content (AvgIpc) is 2.74. The van der Waals surface area contributed by atoms with Crippen molar-refractivity contribution in [3.8, 4) is 0 Å². The molecule has 1 aliphatic rings. The van der Waals surface area contributed by atoms with Crippen LogP contribution < -0.4 is 10.6 Å². The molecule has 0 spiro atoms. The van der Waals surface area contributed by atoms with Gasteiger partial charge in [-0.1, -0.05) is 39.8 Å². The zero-order chi connectivity index (χ0) is 14.0. The van der Waals surface area contributed by atoms with Crippen molar-refractivity contribution in [1.82, 2.24) is 10.6 Å². The number of hydrogen-bond acceptors (Lipinski definition) is 2. The molecule has 2 rings (SSSR count). The number of amides is 1. The third-order valence-electron chi connectivity index (χ3n) is 3.85. The van der Waals surface area contributed by atoms with Gasteiger partial charge in [-0.2, -0.15) is 0 Å². The summed E-state index contributed by atoms with van der Waals surface area (Å²) in [6.45, 7) is 10.5. The molecule has 19 heavy (non-hydrogen) atoms. The SMILES string of the molecule is CC1CNCC1NC(=O)c1ccc(C(C)(C)C)cc1. The van der Waals surface area contributed by atoms with Gasteiger partial charge in [-0.3, -0.25) is 4.79 Å². The summed E-state index contributed by atoms with van der Waals surface area (Å²) in [7, 11) is 0. The van der Waals surface area contributed by atoms with Gasteiger partial charge < -0.3 is 10.6 Å². The molecule has 0 bridgehead atoms. The molecule has 0 saturated carbocycles. The van der Waals surface area contributed by atoms with Crippen molar-refractivity contribution < 1.29 is 4.79 Å². The van der Waals surface area contributed by atoms with Crippen molar-refractivity contribution in [2.75, 3.05) is 13.1 Å². The molecule has 1 aromatic rings. The number of nitrogens with one attached hydrogen (secondary N) is 2. The van der Waals surface area contributed by atoms with Gasteiger partial charge >= 0.3 is 0 Å². The summed E-state index contributed by atoms with van der Waals surface area (Å²) < 4.78 is 0. The molecule has 1 saturated heterocycles. The number of hydrogen-bond donors (Lipinski definition) is 2. The summed E-state index contributed by atoms with van der Waals surface area (Å²) in [5.41, 5.74) is 2.12. The molecule has 3 heteroatoms. The number of benzene rings is 1. The smallest absolute Gasteiger partial charge is 0.251 e. The predicted octanol–water partition coefficient (Wildman–Crippen LogP) is 2.32. The maximum Gasteiger partial charge on any atom is 0.251 e. The molecule has 1 amide bonds. The van der Waals surface area contributed by atoms with Crippen LogP contribution in [0.1, 0.15) is 43.6 Å². The lowest BCUT2D eigenvalue weighted by atomic mass is 9.86. The minimum absolute atomic E-state index is 0.0287. The second-order valence-electron chi connectivity index (χ2n) is 6.54. The highest BCUT2D eigenvalue weighted by atomic mass is 16.1. The first-order chi connectivity index (χ1) is 8.88. The minimum atomic E-state index is 0.0287. The van der Waals surface area contributed by atoms with E-state index in [9.17, 15) is 4.79 Å². The normalized spacial score (nSPS) is 23.4. The highest BCUT2D eigenvalue weighted by Gasteiger charge is 2.24. The Bertz CT molecular complexity index is 445. The molecular formula is C16H24N2O. The molecule has 0 aliphatic carbocycles. The standard InChI is InChI=1S/C16H24N2O/c1-11-9-17-10-14(11)18-15(19)12-5-7-13(8-6-12)16(2,3)4/h5-8,11,14,17H,9-10H2,1-4H3,(H,18,19). The summed E-state index contributed by atoms with van der Waals surface area (Å²) in [5, 5.41) is 6.39. The Balaban J connectivity index is 2.03. The number of carbonyl (C=O) groups is 1. The van der Waals surface area contributed by atoms with Crippen molar-refractivity contribution in [2.24, 2.45) is 5.92 Å². The molecular weight excluding hydrogens is 236 g/mol. The van der Waals surface area contributed by atoms with Crippen LogP contribution in [0, 0.1) is 5.92 Å². The highest BCUT2D eigenvalue weighted by molar-refractivity contribution is 5.94. The Labute approximate surface area is 115 Å². The first-order valence-corrected chi connectivity index (χ1v) is 7.00. The maximum atomic E-state index is 12.2. The Morgan fingerprint density at radius 1 is 1.21 bits per heavy atom. The van der Waals surface area contributed by atoms with Gasteiger partial charge in [0.15, 0.2) is 0 Å². The molecule has 1 aliphatic heterocycles. The molecule has 2 atom stereocenters. The quantitative estimate of drug-likeness (QED) is 0.857. The molecule has 2 N–H and O–H groups in total. The van der Waals surface area contributed by atoms with Crippen LogP contribution >= 0.6 is 0 Å². The molecule has 1 heterocycles. The summed E-state index contributed by atoms with van der Waals surface area (Å²) in [5.74, 6) is 0.527. The summed E-state index contributed by atoms with van der Waals surface area (Å²) in [6, 6.07) is 8.18. The Kier molecular flexibility index (Phi) is 3.95. The van der Waals surface area contributed by atoms with E-state index in [0.717, 1.165) is 18.7 Å². The molecule has 1 aromatic carbocycles. The van der Waals surface area contributed by atoms with E-state index in [2.05, 4.69) is 38.3 Å². The lowest BCUT2D eigenvalue weighted by Gasteiger charge is -2.20. The first kappa shape index (κ1) is 14.1. The number of rotatable bonds is 2. The van der Waals surface area contributed by atoms with Crippen LogP contribution in [0.25, 0.3) is 0 Å². The van der Waals surface area contributed by atoms with Gasteiger partial charge in [0.1, 0.15) is 0 Å². The summed E-state index contributed by atoms with van der Waals surface area (Å²) in [6.07, 6.45) is 0. The zero-order valence-electron chi connectivity index (χ0n) is 12.3. The monoisotopic (exact) mass is 260 g/mol. The molecule has 0 radical (unpaired) electrons. The first-order valence-electron chi connectivity index (χ1n) is 7.00.